The molecular weight excluding hydrogens is 556 g/mol. The topological polar surface area (TPSA) is 155 Å². The van der Waals surface area contributed by atoms with Crippen LogP contribution in [0.1, 0.15) is 7.43 Å². The molecule has 0 saturated heterocycles. The summed E-state index contributed by atoms with van der Waals surface area (Å²) in [5, 5.41) is 18.8. The molecule has 5 N–H and O–H groups in total. The van der Waals surface area contributed by atoms with E-state index in [0.29, 0.717) is 28.2 Å². The number of anilines is 5. The molecule has 0 aliphatic rings. The summed E-state index contributed by atoms with van der Waals surface area (Å²) in [6.07, 6.45) is 0. The van der Waals surface area contributed by atoms with E-state index in [0.717, 1.165) is 5.69 Å². The number of phenols is 1. The van der Waals surface area contributed by atoms with Crippen LogP contribution in [0.5, 0.6) is 11.5 Å². The van der Waals surface area contributed by atoms with Gasteiger partial charge in [0.25, 0.3) is 10.0 Å². The van der Waals surface area contributed by atoms with Crippen molar-refractivity contribution in [2.75, 3.05) is 34.3 Å². The van der Waals surface area contributed by atoms with Gasteiger partial charge in [-0.05, 0) is 42.5 Å². The van der Waals surface area contributed by atoms with Crippen LogP contribution < -0.4 is 25.4 Å². The molecule has 0 spiro atoms. The van der Waals surface area contributed by atoms with Gasteiger partial charge in [-0.2, -0.15) is 0 Å². The monoisotopic (exact) mass is 586 g/mol. The first kappa shape index (κ1) is 29.6. The number of aromatic hydroxyl groups is 1. The zero-order valence-corrected chi connectivity index (χ0v) is 22.6. The molecule has 0 aliphatic carbocycles. The molecule has 4 aromatic carbocycles. The van der Waals surface area contributed by atoms with E-state index in [1.165, 1.54) is 37.4 Å². The molecule has 1 aromatic heterocycles. The number of carbonyl (C=O) groups is 1. The first-order chi connectivity index (χ1) is 19.8. The maximum Gasteiger partial charge on any atom is 0.263 e. The highest BCUT2D eigenvalue weighted by Crippen LogP contribution is 2.31. The first-order valence-corrected chi connectivity index (χ1v) is 13.9. The van der Waals surface area contributed by atoms with Crippen molar-refractivity contribution < 1.29 is 23.1 Å². The van der Waals surface area contributed by atoms with Gasteiger partial charge in [0.05, 0.1) is 29.6 Å². The predicted molar refractivity (Wildman–Crippen MR) is 165 cm³/mol. The Hall–Kier alpha value is -5.36. The van der Waals surface area contributed by atoms with Crippen molar-refractivity contribution in [1.82, 2.24) is 9.97 Å². The largest absolute Gasteiger partial charge is 0.508 e. The van der Waals surface area contributed by atoms with Gasteiger partial charge < -0.3 is 25.8 Å². The van der Waals surface area contributed by atoms with Crippen molar-refractivity contribution in [3.05, 3.63) is 97.1 Å². The number of ether oxygens (including phenoxy) is 1. The SMILES string of the molecule is C.COc1cc(O)cc(Nc2nc3ccccc3nc2NS(=O)(=O)c2cccc(NC(=O)CNc3ccccc3)c2)c1. The zero-order chi connectivity index (χ0) is 28.8. The minimum atomic E-state index is -4.16. The zero-order valence-electron chi connectivity index (χ0n) is 21.8. The van der Waals surface area contributed by atoms with Gasteiger partial charge in [-0.15, -0.1) is 0 Å². The van der Waals surface area contributed by atoms with Crippen molar-refractivity contribution in [3.63, 3.8) is 0 Å². The van der Waals surface area contributed by atoms with Gasteiger partial charge >= 0.3 is 0 Å². The summed E-state index contributed by atoms with van der Waals surface area (Å²) in [4.78, 5) is 21.4. The van der Waals surface area contributed by atoms with Crippen molar-refractivity contribution in [2.45, 2.75) is 12.3 Å². The molecule has 0 atom stereocenters. The average molecular weight is 587 g/mol. The maximum absolute atomic E-state index is 13.5. The number of rotatable bonds is 10. The van der Waals surface area contributed by atoms with Gasteiger partial charge in [0.2, 0.25) is 5.91 Å². The fourth-order valence-electron chi connectivity index (χ4n) is 3.94. The fraction of sp³-hybridized carbons (Fsp3) is 0.100. The van der Waals surface area contributed by atoms with Crippen LogP contribution in [0.3, 0.4) is 0 Å². The molecule has 5 aromatic rings. The van der Waals surface area contributed by atoms with E-state index in [4.69, 9.17) is 4.74 Å². The third-order valence-corrected chi connectivity index (χ3v) is 7.18. The van der Waals surface area contributed by atoms with E-state index in [2.05, 4.69) is 30.6 Å². The highest BCUT2D eigenvalue weighted by Gasteiger charge is 2.20. The Bertz CT molecular complexity index is 1820. The third-order valence-electron chi connectivity index (χ3n) is 5.85. The Morgan fingerprint density at radius 1 is 0.810 bits per heavy atom. The Morgan fingerprint density at radius 3 is 2.19 bits per heavy atom. The molecule has 11 nitrogen and oxygen atoms in total. The lowest BCUT2D eigenvalue weighted by molar-refractivity contribution is -0.114. The van der Waals surface area contributed by atoms with Crippen LogP contribution in [-0.2, 0) is 14.8 Å². The van der Waals surface area contributed by atoms with Crippen LogP contribution in [0.15, 0.2) is 102 Å². The van der Waals surface area contributed by atoms with Gasteiger partial charge in [-0.3, -0.25) is 9.52 Å². The fourth-order valence-corrected chi connectivity index (χ4v) is 4.99. The standard InChI is InChI=1S/C29H26N6O5S.CH4/c1-40-23-15-21(14-22(36)17-23)32-28-29(34-26-13-6-5-12-25(26)33-28)35-41(38,39)24-11-7-10-20(16-24)31-27(37)18-30-19-8-3-2-4-9-19;/h2-17,30,36H,18H2,1H3,(H,31,37)(H,32,33)(H,34,35);1H4. The quantitative estimate of drug-likeness (QED) is 0.141. The lowest BCUT2D eigenvalue weighted by atomic mass is 10.2. The summed E-state index contributed by atoms with van der Waals surface area (Å²) in [6, 6.07) is 26.6. The number of benzene rings is 4. The number of methoxy groups -OCH3 is 1. The van der Waals surface area contributed by atoms with Crippen LogP contribution in [-0.4, -0.2) is 43.1 Å². The van der Waals surface area contributed by atoms with Crippen molar-refractivity contribution in [1.29, 1.82) is 0 Å². The Kier molecular flexibility index (Phi) is 9.08. The van der Waals surface area contributed by atoms with Gasteiger partial charge in [0.15, 0.2) is 11.6 Å². The number of hydrogen-bond acceptors (Lipinski definition) is 9. The molecule has 1 amide bonds. The second-order valence-corrected chi connectivity index (χ2v) is 10.5. The summed E-state index contributed by atoms with van der Waals surface area (Å²) in [5.74, 6) is 0.0374. The molecule has 5 rings (SSSR count). The number of phenolic OH excluding ortho intramolecular Hbond substituents is 1. The number of nitrogens with one attached hydrogen (secondary N) is 4. The molecule has 0 saturated carbocycles. The number of amides is 1. The van der Waals surface area contributed by atoms with Crippen molar-refractivity contribution in [3.8, 4) is 11.5 Å². The van der Waals surface area contributed by atoms with Gasteiger partial charge in [0, 0.05) is 35.3 Å². The number of hydrogen-bond donors (Lipinski definition) is 5. The molecule has 0 bridgehead atoms. The molecule has 1 heterocycles. The second kappa shape index (κ2) is 12.9. The van der Waals surface area contributed by atoms with Gasteiger partial charge in [-0.25, -0.2) is 18.4 Å². The number of fused-ring (bicyclic) bond motifs is 1. The van der Waals surface area contributed by atoms with Crippen molar-refractivity contribution in [2.24, 2.45) is 0 Å². The molecule has 42 heavy (non-hydrogen) atoms. The van der Waals surface area contributed by atoms with Crippen molar-refractivity contribution >= 4 is 55.7 Å². The molecule has 0 unspecified atom stereocenters. The Labute approximate surface area is 243 Å². The smallest absolute Gasteiger partial charge is 0.263 e. The minimum Gasteiger partial charge on any atom is -0.508 e. The van der Waals surface area contributed by atoms with Gasteiger partial charge in [-0.1, -0.05) is 43.8 Å². The molecule has 0 aliphatic heterocycles. The van der Waals surface area contributed by atoms with E-state index >= 15 is 0 Å². The average Bonchev–Trinajstić information content (AvgIpc) is 2.96. The van der Waals surface area contributed by atoms with Crippen LogP contribution >= 0.6 is 0 Å². The summed E-state index contributed by atoms with van der Waals surface area (Å²) in [6.45, 7) is 0.000769. The number of sulfonamides is 1. The highest BCUT2D eigenvalue weighted by atomic mass is 32.2. The first-order valence-electron chi connectivity index (χ1n) is 12.4. The number of carbonyl (C=O) groups excluding carboxylic acids is 1. The molecule has 216 valence electrons. The van der Waals surface area contributed by atoms with Crippen LogP contribution in [0.2, 0.25) is 0 Å². The molecule has 12 heteroatoms. The number of aromatic nitrogens is 2. The van der Waals surface area contributed by atoms with E-state index in [1.807, 2.05) is 30.3 Å². The molecule has 0 fully saturated rings. The van der Waals surface area contributed by atoms with E-state index in [9.17, 15) is 18.3 Å². The van der Waals surface area contributed by atoms with E-state index in [-0.39, 0.29) is 42.2 Å². The summed E-state index contributed by atoms with van der Waals surface area (Å²) >= 11 is 0. The van der Waals surface area contributed by atoms with Crippen LogP contribution in [0.4, 0.5) is 28.7 Å². The molecule has 0 radical (unpaired) electrons. The van der Waals surface area contributed by atoms with E-state index in [1.54, 1.807) is 36.4 Å². The Balaban J connectivity index is 0.00000405. The highest BCUT2D eigenvalue weighted by molar-refractivity contribution is 7.92. The van der Waals surface area contributed by atoms with E-state index < -0.39 is 10.0 Å². The van der Waals surface area contributed by atoms with Crippen LogP contribution in [0, 0.1) is 0 Å². The second-order valence-electron chi connectivity index (χ2n) is 8.86. The lowest BCUT2D eigenvalue weighted by Gasteiger charge is -2.15. The summed E-state index contributed by atoms with van der Waals surface area (Å²) in [7, 11) is -2.70. The summed E-state index contributed by atoms with van der Waals surface area (Å²) in [5.41, 5.74) is 2.49. The van der Waals surface area contributed by atoms with Gasteiger partial charge in [0.1, 0.15) is 11.5 Å². The normalized spacial score (nSPS) is 10.8. The number of para-hydroxylation sites is 3. The lowest BCUT2D eigenvalue weighted by Crippen LogP contribution is -2.22. The Morgan fingerprint density at radius 2 is 1.48 bits per heavy atom. The minimum absolute atomic E-state index is 0. The summed E-state index contributed by atoms with van der Waals surface area (Å²) < 4.78 is 34.6. The number of nitrogens with zero attached hydrogens (tertiary/aromatic N) is 2. The van der Waals surface area contributed by atoms with Crippen LogP contribution in [0.25, 0.3) is 11.0 Å². The molecular formula is C30H30N6O5S. The maximum atomic E-state index is 13.5. The third kappa shape index (κ3) is 7.23. The predicted octanol–water partition coefficient (Wildman–Crippen LogP) is 5.58.